The van der Waals surface area contributed by atoms with Crippen LogP contribution in [0.15, 0.2) is 18.2 Å². The molecule has 17 heavy (non-hydrogen) atoms. The van der Waals surface area contributed by atoms with Crippen molar-refractivity contribution in [1.29, 1.82) is 0 Å². The molecule has 3 heteroatoms. The summed E-state index contributed by atoms with van der Waals surface area (Å²) in [6.07, 6.45) is 5.67. The van der Waals surface area contributed by atoms with Crippen LogP contribution in [0.3, 0.4) is 0 Å². The van der Waals surface area contributed by atoms with Gasteiger partial charge in [0.2, 0.25) is 0 Å². The first-order chi connectivity index (χ1) is 8.28. The summed E-state index contributed by atoms with van der Waals surface area (Å²) >= 11 is 0. The molecule has 0 aliphatic heterocycles. The van der Waals surface area contributed by atoms with Gasteiger partial charge in [0.15, 0.2) is 0 Å². The normalized spacial score (nSPS) is 16.6. The second-order valence-corrected chi connectivity index (χ2v) is 5.11. The number of aromatic nitrogens is 1. The third-order valence-corrected chi connectivity index (χ3v) is 3.54. The highest BCUT2D eigenvalue weighted by molar-refractivity contribution is 5.34. The van der Waals surface area contributed by atoms with Crippen LogP contribution in [-0.2, 0) is 6.54 Å². The number of nitrogens with one attached hydrogen (secondary N) is 1. The number of nitrogens with zero attached hydrogens (tertiary/aromatic N) is 2. The Morgan fingerprint density at radius 2 is 2.12 bits per heavy atom. The van der Waals surface area contributed by atoms with Crippen LogP contribution in [0.4, 0.5) is 5.82 Å². The molecular formula is C14H23N3. The second kappa shape index (κ2) is 6.01. The van der Waals surface area contributed by atoms with Gasteiger partial charge in [-0.2, -0.15) is 0 Å². The van der Waals surface area contributed by atoms with E-state index in [1.54, 1.807) is 0 Å². The zero-order chi connectivity index (χ0) is 12.1. The monoisotopic (exact) mass is 233 g/mol. The molecule has 0 radical (unpaired) electrons. The van der Waals surface area contributed by atoms with E-state index in [1.165, 1.54) is 32.2 Å². The van der Waals surface area contributed by atoms with E-state index in [0.29, 0.717) is 0 Å². The van der Waals surface area contributed by atoms with Gasteiger partial charge in [0, 0.05) is 20.1 Å². The smallest absolute Gasteiger partial charge is 0.126 e. The number of anilines is 1. The number of rotatable bonds is 5. The van der Waals surface area contributed by atoms with Gasteiger partial charge in [-0.05, 0) is 37.9 Å². The van der Waals surface area contributed by atoms with Gasteiger partial charge < -0.3 is 10.2 Å². The molecule has 1 N–H and O–H groups in total. The van der Waals surface area contributed by atoms with Gasteiger partial charge >= 0.3 is 0 Å². The van der Waals surface area contributed by atoms with E-state index in [2.05, 4.69) is 34.4 Å². The molecule has 0 bridgehead atoms. The van der Waals surface area contributed by atoms with Gasteiger partial charge in [0.05, 0.1) is 5.69 Å². The molecule has 1 aliphatic rings. The summed E-state index contributed by atoms with van der Waals surface area (Å²) in [5.74, 6) is 1.87. The van der Waals surface area contributed by atoms with E-state index in [9.17, 15) is 0 Å². The number of pyridine rings is 1. The van der Waals surface area contributed by atoms with Crippen molar-refractivity contribution in [2.75, 3.05) is 26.0 Å². The third-order valence-electron chi connectivity index (χ3n) is 3.54. The lowest BCUT2D eigenvalue weighted by molar-refractivity contribution is 0.268. The van der Waals surface area contributed by atoms with Gasteiger partial charge in [-0.25, -0.2) is 4.98 Å². The SMILES string of the molecule is CNc1cccc(CN(C)CC2CCCC2)n1. The van der Waals surface area contributed by atoms with Crippen LogP contribution in [0.5, 0.6) is 0 Å². The zero-order valence-electron chi connectivity index (χ0n) is 10.9. The van der Waals surface area contributed by atoms with E-state index in [1.807, 2.05) is 13.1 Å². The van der Waals surface area contributed by atoms with Crippen LogP contribution in [0.25, 0.3) is 0 Å². The van der Waals surface area contributed by atoms with E-state index < -0.39 is 0 Å². The average molecular weight is 233 g/mol. The highest BCUT2D eigenvalue weighted by atomic mass is 15.1. The molecule has 0 unspecified atom stereocenters. The number of hydrogen-bond acceptors (Lipinski definition) is 3. The maximum Gasteiger partial charge on any atom is 0.126 e. The lowest BCUT2D eigenvalue weighted by atomic mass is 10.1. The molecule has 1 saturated carbocycles. The van der Waals surface area contributed by atoms with Gasteiger partial charge in [-0.3, -0.25) is 0 Å². The summed E-state index contributed by atoms with van der Waals surface area (Å²) in [5.41, 5.74) is 1.15. The first kappa shape index (κ1) is 12.4. The molecule has 2 rings (SSSR count). The fourth-order valence-corrected chi connectivity index (χ4v) is 2.68. The molecule has 0 spiro atoms. The quantitative estimate of drug-likeness (QED) is 0.847. The van der Waals surface area contributed by atoms with E-state index in [-0.39, 0.29) is 0 Å². The zero-order valence-corrected chi connectivity index (χ0v) is 10.9. The molecule has 94 valence electrons. The molecule has 1 aromatic rings. The summed E-state index contributed by atoms with van der Waals surface area (Å²) in [4.78, 5) is 6.95. The minimum atomic E-state index is 0.910. The van der Waals surface area contributed by atoms with Crippen molar-refractivity contribution in [2.24, 2.45) is 5.92 Å². The summed E-state index contributed by atoms with van der Waals surface area (Å²) in [5, 5.41) is 3.08. The Balaban J connectivity index is 1.85. The Bertz CT molecular complexity index is 345. The maximum atomic E-state index is 4.55. The average Bonchev–Trinajstić information content (AvgIpc) is 2.82. The van der Waals surface area contributed by atoms with E-state index in [4.69, 9.17) is 0 Å². The van der Waals surface area contributed by atoms with Gasteiger partial charge in [-0.1, -0.05) is 18.9 Å². The molecule has 1 heterocycles. The Morgan fingerprint density at radius 1 is 1.35 bits per heavy atom. The second-order valence-electron chi connectivity index (χ2n) is 5.11. The van der Waals surface area contributed by atoms with Gasteiger partial charge in [-0.15, -0.1) is 0 Å². The fraction of sp³-hybridized carbons (Fsp3) is 0.643. The lowest BCUT2D eigenvalue weighted by Crippen LogP contribution is -2.24. The molecule has 0 atom stereocenters. The number of hydrogen-bond donors (Lipinski definition) is 1. The highest BCUT2D eigenvalue weighted by Crippen LogP contribution is 2.25. The van der Waals surface area contributed by atoms with E-state index in [0.717, 1.165) is 24.0 Å². The predicted molar refractivity (Wildman–Crippen MR) is 72.1 cm³/mol. The van der Waals surface area contributed by atoms with Crippen LogP contribution >= 0.6 is 0 Å². The first-order valence-corrected chi connectivity index (χ1v) is 6.60. The Kier molecular flexibility index (Phi) is 4.37. The van der Waals surface area contributed by atoms with Crippen molar-refractivity contribution in [2.45, 2.75) is 32.2 Å². The van der Waals surface area contributed by atoms with Crippen molar-refractivity contribution in [3.63, 3.8) is 0 Å². The molecule has 0 saturated heterocycles. The van der Waals surface area contributed by atoms with Crippen LogP contribution < -0.4 is 5.32 Å². The minimum absolute atomic E-state index is 0.910. The first-order valence-electron chi connectivity index (χ1n) is 6.60. The van der Waals surface area contributed by atoms with Crippen LogP contribution in [-0.4, -0.2) is 30.5 Å². The largest absolute Gasteiger partial charge is 0.373 e. The molecule has 1 aromatic heterocycles. The highest BCUT2D eigenvalue weighted by Gasteiger charge is 2.16. The van der Waals surface area contributed by atoms with Crippen molar-refractivity contribution in [3.8, 4) is 0 Å². The molecule has 3 nitrogen and oxygen atoms in total. The third kappa shape index (κ3) is 3.70. The van der Waals surface area contributed by atoms with Crippen molar-refractivity contribution >= 4 is 5.82 Å². The Morgan fingerprint density at radius 3 is 2.82 bits per heavy atom. The molecule has 0 amide bonds. The summed E-state index contributed by atoms with van der Waals surface area (Å²) in [6, 6.07) is 6.17. The van der Waals surface area contributed by atoms with E-state index >= 15 is 0 Å². The lowest BCUT2D eigenvalue weighted by Gasteiger charge is -2.20. The van der Waals surface area contributed by atoms with Crippen LogP contribution in [0.2, 0.25) is 0 Å². The molecule has 0 aromatic carbocycles. The summed E-state index contributed by atoms with van der Waals surface area (Å²) in [6.45, 7) is 2.16. The van der Waals surface area contributed by atoms with Gasteiger partial charge in [0.1, 0.15) is 5.82 Å². The Labute approximate surface area is 104 Å². The molecule has 1 fully saturated rings. The van der Waals surface area contributed by atoms with Crippen LogP contribution in [0, 0.1) is 5.92 Å². The fourth-order valence-electron chi connectivity index (χ4n) is 2.68. The summed E-state index contributed by atoms with van der Waals surface area (Å²) in [7, 11) is 4.11. The van der Waals surface area contributed by atoms with Crippen molar-refractivity contribution < 1.29 is 0 Å². The van der Waals surface area contributed by atoms with Gasteiger partial charge in [0.25, 0.3) is 0 Å². The summed E-state index contributed by atoms with van der Waals surface area (Å²) < 4.78 is 0. The standard InChI is InChI=1S/C14H23N3/c1-15-14-9-5-8-13(16-14)11-17(2)10-12-6-3-4-7-12/h5,8-9,12H,3-4,6-7,10-11H2,1-2H3,(H,15,16). The molecule has 1 aliphatic carbocycles. The topological polar surface area (TPSA) is 28.2 Å². The predicted octanol–water partition coefficient (Wildman–Crippen LogP) is 2.75. The maximum absolute atomic E-state index is 4.55. The van der Waals surface area contributed by atoms with Crippen molar-refractivity contribution in [3.05, 3.63) is 23.9 Å². The Hall–Kier alpha value is -1.09. The minimum Gasteiger partial charge on any atom is -0.373 e. The van der Waals surface area contributed by atoms with Crippen LogP contribution in [0.1, 0.15) is 31.4 Å². The molecular weight excluding hydrogens is 210 g/mol. The van der Waals surface area contributed by atoms with Crippen molar-refractivity contribution in [1.82, 2.24) is 9.88 Å².